The molecule has 2 rings (SSSR count). The fourth-order valence-corrected chi connectivity index (χ4v) is 3.27. The van der Waals surface area contributed by atoms with Crippen LogP contribution < -0.4 is 0 Å². The first-order valence-electron chi connectivity index (χ1n) is 7.04. The lowest BCUT2D eigenvalue weighted by Gasteiger charge is -2.42. The van der Waals surface area contributed by atoms with Gasteiger partial charge in [0.05, 0.1) is 0 Å². The fraction of sp³-hybridized carbons (Fsp3) is 1.00. The van der Waals surface area contributed by atoms with Crippen molar-refractivity contribution in [3.63, 3.8) is 0 Å². The van der Waals surface area contributed by atoms with E-state index in [4.69, 9.17) is 0 Å². The first-order valence-corrected chi connectivity index (χ1v) is 7.04. The topological polar surface area (TPSA) is 49.8 Å². The second-order valence-corrected chi connectivity index (χ2v) is 5.90. The molecule has 0 bridgehead atoms. The van der Waals surface area contributed by atoms with E-state index in [0.29, 0.717) is 5.92 Å². The Morgan fingerprint density at radius 2 is 1.82 bits per heavy atom. The Morgan fingerprint density at radius 1 is 1.18 bits per heavy atom. The van der Waals surface area contributed by atoms with Crippen LogP contribution in [-0.2, 0) is 0 Å². The molecule has 2 atom stereocenters. The molecule has 2 aliphatic rings. The van der Waals surface area contributed by atoms with Crippen molar-refractivity contribution >= 4 is 0 Å². The predicted octanol–water partition coefficient (Wildman–Crippen LogP) is 2.47. The highest BCUT2D eigenvalue weighted by molar-refractivity contribution is 4.84. The van der Waals surface area contributed by atoms with Gasteiger partial charge in [-0.25, -0.2) is 0 Å². The average Bonchev–Trinajstić information content (AvgIpc) is 2.32. The lowest BCUT2D eigenvalue weighted by molar-refractivity contribution is -0.110. The van der Waals surface area contributed by atoms with Gasteiger partial charge in [-0.05, 0) is 50.6 Å². The van der Waals surface area contributed by atoms with Crippen molar-refractivity contribution in [2.75, 3.05) is 19.6 Å². The van der Waals surface area contributed by atoms with E-state index in [0.717, 1.165) is 44.8 Å². The third kappa shape index (κ3) is 3.65. The third-order valence-electron chi connectivity index (χ3n) is 4.52. The van der Waals surface area contributed by atoms with Crippen molar-refractivity contribution in [3.05, 3.63) is 5.21 Å². The van der Waals surface area contributed by atoms with Gasteiger partial charge in [-0.15, -0.1) is 0 Å². The lowest BCUT2D eigenvalue weighted by Crippen LogP contribution is -2.45. The molecule has 2 fully saturated rings. The van der Waals surface area contributed by atoms with Gasteiger partial charge in [-0.2, -0.15) is 0 Å². The Bertz CT molecular complexity index is 227. The number of hydrogen-bond donors (Lipinski definition) is 1. The predicted molar refractivity (Wildman–Crippen MR) is 67.6 cm³/mol. The molecule has 17 heavy (non-hydrogen) atoms. The quantitative estimate of drug-likeness (QED) is 0.771. The maximum absolute atomic E-state index is 11.2. The van der Waals surface area contributed by atoms with Gasteiger partial charge in [0.15, 0.2) is 0 Å². The molecule has 0 aromatic carbocycles. The number of piperidine rings is 1. The van der Waals surface area contributed by atoms with Crippen molar-refractivity contribution in [2.24, 2.45) is 11.8 Å². The van der Waals surface area contributed by atoms with Gasteiger partial charge in [-0.3, -0.25) is 5.23 Å². The van der Waals surface area contributed by atoms with Gasteiger partial charge in [0.25, 0.3) is 0 Å². The van der Waals surface area contributed by atoms with E-state index in [1.165, 1.54) is 19.3 Å². The summed E-state index contributed by atoms with van der Waals surface area (Å²) in [7, 11) is 0. The number of rotatable bonds is 3. The van der Waals surface area contributed by atoms with Crippen LogP contribution in [0.4, 0.5) is 0 Å². The summed E-state index contributed by atoms with van der Waals surface area (Å²) in [6.07, 6.45) is 6.79. The van der Waals surface area contributed by atoms with Gasteiger partial charge >= 0.3 is 0 Å². The molecular formula is C13H25N2O2-. The molecule has 0 radical (unpaired) electrons. The minimum Gasteiger partial charge on any atom is -0.762 e. The Hall–Kier alpha value is -0.160. The summed E-state index contributed by atoms with van der Waals surface area (Å²) in [6.45, 7) is 5.63. The third-order valence-corrected chi connectivity index (χ3v) is 4.52. The SMILES string of the molecule is CC1CCN(CC2CCCCC2N([O-])O)CC1. The van der Waals surface area contributed by atoms with Gasteiger partial charge < -0.3 is 15.3 Å². The largest absolute Gasteiger partial charge is 0.762 e. The molecule has 0 aromatic rings. The van der Waals surface area contributed by atoms with Crippen molar-refractivity contribution in [2.45, 2.75) is 51.5 Å². The number of hydrogen-bond acceptors (Lipinski definition) is 4. The summed E-state index contributed by atoms with van der Waals surface area (Å²) in [6, 6.07) is -0.164. The zero-order valence-electron chi connectivity index (χ0n) is 10.8. The van der Waals surface area contributed by atoms with E-state index in [1.54, 1.807) is 0 Å². The van der Waals surface area contributed by atoms with Crippen LogP contribution in [0.5, 0.6) is 0 Å². The zero-order chi connectivity index (χ0) is 12.3. The van der Waals surface area contributed by atoms with Crippen molar-refractivity contribution in [1.82, 2.24) is 10.1 Å². The van der Waals surface area contributed by atoms with Crippen molar-refractivity contribution < 1.29 is 5.21 Å². The Balaban J connectivity index is 1.83. The van der Waals surface area contributed by atoms with E-state index in [9.17, 15) is 10.4 Å². The monoisotopic (exact) mass is 241 g/mol. The smallest absolute Gasteiger partial charge is 0.0257 e. The van der Waals surface area contributed by atoms with Crippen LogP contribution >= 0.6 is 0 Å². The highest BCUT2D eigenvalue weighted by atomic mass is 16.8. The minimum absolute atomic E-state index is 0.164. The van der Waals surface area contributed by atoms with Gasteiger partial charge in [0.1, 0.15) is 0 Å². The molecule has 1 heterocycles. The van der Waals surface area contributed by atoms with E-state index in [1.807, 2.05) is 0 Å². The molecule has 0 amide bonds. The Kier molecular flexibility index (Phi) is 4.79. The molecular weight excluding hydrogens is 216 g/mol. The molecule has 0 aromatic heterocycles. The summed E-state index contributed by atoms with van der Waals surface area (Å²) >= 11 is 0. The number of likely N-dealkylation sites (tertiary alicyclic amines) is 1. The minimum atomic E-state index is -0.164. The molecule has 4 heteroatoms. The molecule has 1 saturated carbocycles. The van der Waals surface area contributed by atoms with Gasteiger partial charge in [0, 0.05) is 12.6 Å². The Morgan fingerprint density at radius 3 is 2.47 bits per heavy atom. The zero-order valence-corrected chi connectivity index (χ0v) is 10.8. The molecule has 4 nitrogen and oxygen atoms in total. The van der Waals surface area contributed by atoms with Crippen LogP contribution in [0.15, 0.2) is 0 Å². The van der Waals surface area contributed by atoms with Crippen molar-refractivity contribution in [3.8, 4) is 0 Å². The highest BCUT2D eigenvalue weighted by Crippen LogP contribution is 2.29. The summed E-state index contributed by atoms with van der Waals surface area (Å²) in [5.74, 6) is 1.21. The van der Waals surface area contributed by atoms with E-state index >= 15 is 0 Å². The maximum Gasteiger partial charge on any atom is 0.0257 e. The molecule has 100 valence electrons. The molecule has 1 aliphatic carbocycles. The van der Waals surface area contributed by atoms with Crippen LogP contribution in [0.2, 0.25) is 0 Å². The normalized spacial score (nSPS) is 33.2. The first kappa shape index (κ1) is 13.3. The molecule has 1 N–H and O–H groups in total. The fourth-order valence-electron chi connectivity index (χ4n) is 3.27. The number of hydroxylamine groups is 2. The van der Waals surface area contributed by atoms with Gasteiger partial charge in [0.2, 0.25) is 0 Å². The van der Waals surface area contributed by atoms with Crippen LogP contribution in [0.3, 0.4) is 0 Å². The molecule has 1 saturated heterocycles. The summed E-state index contributed by atoms with van der Waals surface area (Å²) in [5.41, 5.74) is 0. The second kappa shape index (κ2) is 6.14. The van der Waals surface area contributed by atoms with Crippen LogP contribution in [0.25, 0.3) is 0 Å². The second-order valence-electron chi connectivity index (χ2n) is 5.90. The maximum atomic E-state index is 11.2. The first-order chi connectivity index (χ1) is 8.16. The molecule has 1 aliphatic heterocycles. The summed E-state index contributed by atoms with van der Waals surface area (Å²) < 4.78 is 0. The van der Waals surface area contributed by atoms with E-state index in [2.05, 4.69) is 11.8 Å². The van der Waals surface area contributed by atoms with Crippen molar-refractivity contribution in [1.29, 1.82) is 0 Å². The van der Waals surface area contributed by atoms with Crippen LogP contribution in [-0.4, -0.2) is 41.0 Å². The van der Waals surface area contributed by atoms with Crippen LogP contribution in [0.1, 0.15) is 45.4 Å². The molecule has 0 spiro atoms. The van der Waals surface area contributed by atoms with E-state index < -0.39 is 0 Å². The Labute approximate surface area is 104 Å². The summed E-state index contributed by atoms with van der Waals surface area (Å²) in [4.78, 5) is 2.48. The van der Waals surface area contributed by atoms with Gasteiger partial charge in [-0.1, -0.05) is 19.8 Å². The lowest BCUT2D eigenvalue weighted by atomic mass is 9.84. The van der Waals surface area contributed by atoms with E-state index in [-0.39, 0.29) is 11.3 Å². The summed E-state index contributed by atoms with van der Waals surface area (Å²) in [5, 5.41) is 20.6. The molecule has 2 unspecified atom stereocenters. The number of nitrogens with zero attached hydrogens (tertiary/aromatic N) is 2. The highest BCUT2D eigenvalue weighted by Gasteiger charge is 2.28. The standard InChI is InChI=1S/C13H25N2O2/c1-11-6-8-14(9-7-11)10-12-4-2-3-5-13(12)15(16)17/h11-13,16H,2-10H2,1H3/q-1. The van der Waals surface area contributed by atoms with Crippen LogP contribution in [0, 0.1) is 17.0 Å². The average molecular weight is 241 g/mol.